The molecule has 0 aromatic heterocycles. The lowest BCUT2D eigenvalue weighted by atomic mass is 10.0. The molecule has 0 heterocycles. The number of hydrogen-bond acceptors (Lipinski definition) is 2. The Balaban J connectivity index is 2.89. The fraction of sp³-hybridized carbons (Fsp3) is 0.400. The molecule has 0 fully saturated rings. The highest BCUT2D eigenvalue weighted by Gasteiger charge is 2.05. The van der Waals surface area contributed by atoms with Crippen molar-refractivity contribution in [2.75, 3.05) is 6.54 Å². The third-order valence-corrected chi connectivity index (χ3v) is 2.61. The predicted octanol–water partition coefficient (Wildman–Crippen LogP) is 2.52. The second-order valence-corrected chi connectivity index (χ2v) is 4.28. The molecular formula is C10H12ClFNS-. The van der Waals surface area contributed by atoms with Crippen LogP contribution in [-0.4, -0.2) is 6.54 Å². The molecule has 0 amide bonds. The summed E-state index contributed by atoms with van der Waals surface area (Å²) >= 11 is 10.5. The molecule has 1 unspecified atom stereocenters. The Labute approximate surface area is 93.9 Å². The zero-order valence-corrected chi connectivity index (χ0v) is 9.46. The highest BCUT2D eigenvalue weighted by molar-refractivity contribution is 7.58. The van der Waals surface area contributed by atoms with Crippen LogP contribution in [0, 0.1) is 11.7 Å². The van der Waals surface area contributed by atoms with E-state index in [0.29, 0.717) is 12.5 Å². The van der Waals surface area contributed by atoms with Crippen molar-refractivity contribution in [2.24, 2.45) is 11.7 Å². The lowest BCUT2D eigenvalue weighted by Gasteiger charge is -2.14. The molecule has 1 rings (SSSR count). The van der Waals surface area contributed by atoms with Gasteiger partial charge in [-0.1, -0.05) is 24.6 Å². The van der Waals surface area contributed by atoms with Gasteiger partial charge in [0.15, 0.2) is 0 Å². The van der Waals surface area contributed by atoms with E-state index < -0.39 is 5.82 Å². The van der Waals surface area contributed by atoms with Crippen LogP contribution in [0.2, 0.25) is 5.02 Å². The first kappa shape index (κ1) is 11.7. The summed E-state index contributed by atoms with van der Waals surface area (Å²) in [5, 5.41) is 0.0942. The largest absolute Gasteiger partial charge is 0.777 e. The Bertz CT molecular complexity index is 307. The first-order valence-electron chi connectivity index (χ1n) is 4.39. The third-order valence-electron chi connectivity index (χ3n) is 2.04. The molecule has 0 radical (unpaired) electrons. The van der Waals surface area contributed by atoms with Gasteiger partial charge < -0.3 is 18.4 Å². The van der Waals surface area contributed by atoms with E-state index in [2.05, 4.69) is 0 Å². The second kappa shape index (κ2) is 4.91. The van der Waals surface area contributed by atoms with Crippen LogP contribution in [-0.2, 0) is 19.0 Å². The van der Waals surface area contributed by atoms with Crippen molar-refractivity contribution in [3.05, 3.63) is 28.5 Å². The molecule has 1 atom stereocenters. The first-order valence-corrected chi connectivity index (χ1v) is 5.18. The summed E-state index contributed by atoms with van der Waals surface area (Å²) in [5.41, 5.74) is 6.44. The van der Waals surface area contributed by atoms with Crippen molar-refractivity contribution in [1.82, 2.24) is 0 Å². The molecule has 0 spiro atoms. The maximum absolute atomic E-state index is 13.1. The first-order chi connectivity index (χ1) is 6.54. The summed E-state index contributed by atoms with van der Waals surface area (Å²) in [6.07, 6.45) is 0.778. The summed E-state index contributed by atoms with van der Waals surface area (Å²) in [6, 6.07) is 3.25. The van der Waals surface area contributed by atoms with Crippen molar-refractivity contribution < 1.29 is 4.39 Å². The Morgan fingerprint density at radius 2 is 2.21 bits per heavy atom. The lowest BCUT2D eigenvalue weighted by Crippen LogP contribution is -2.13. The minimum atomic E-state index is -0.509. The van der Waals surface area contributed by atoms with Gasteiger partial charge in [-0.25, -0.2) is 4.39 Å². The van der Waals surface area contributed by atoms with Crippen molar-refractivity contribution >= 4 is 24.2 Å². The van der Waals surface area contributed by atoms with Crippen LogP contribution >= 0.6 is 11.6 Å². The van der Waals surface area contributed by atoms with E-state index in [1.165, 1.54) is 0 Å². The lowest BCUT2D eigenvalue weighted by molar-refractivity contribution is 0.581. The molecule has 0 aliphatic carbocycles. The third kappa shape index (κ3) is 2.80. The van der Waals surface area contributed by atoms with Gasteiger partial charge in [-0.2, -0.15) is 0 Å². The van der Waals surface area contributed by atoms with E-state index in [0.717, 1.165) is 12.0 Å². The van der Waals surface area contributed by atoms with Gasteiger partial charge in [0.05, 0.1) is 5.02 Å². The van der Waals surface area contributed by atoms with Crippen LogP contribution in [0.4, 0.5) is 4.39 Å². The van der Waals surface area contributed by atoms with Crippen LogP contribution in [0.15, 0.2) is 17.0 Å². The average Bonchev–Trinajstić information content (AvgIpc) is 2.14. The van der Waals surface area contributed by atoms with E-state index in [-0.39, 0.29) is 9.92 Å². The van der Waals surface area contributed by atoms with Crippen LogP contribution in [0.5, 0.6) is 0 Å². The van der Waals surface area contributed by atoms with E-state index in [9.17, 15) is 4.39 Å². The normalized spacial score (nSPS) is 12.9. The average molecular weight is 233 g/mol. The Morgan fingerprint density at radius 3 is 2.71 bits per heavy atom. The van der Waals surface area contributed by atoms with E-state index in [1.54, 1.807) is 12.1 Å². The molecule has 0 saturated carbocycles. The second-order valence-electron chi connectivity index (χ2n) is 3.43. The Hall–Kier alpha value is -0.380. The number of rotatable bonds is 3. The zero-order chi connectivity index (χ0) is 10.7. The van der Waals surface area contributed by atoms with Gasteiger partial charge in [-0.15, -0.1) is 4.90 Å². The Morgan fingerprint density at radius 1 is 1.57 bits per heavy atom. The molecule has 0 saturated heterocycles. The van der Waals surface area contributed by atoms with Gasteiger partial charge in [-0.3, -0.25) is 0 Å². The monoisotopic (exact) mass is 232 g/mol. The van der Waals surface area contributed by atoms with Crippen molar-refractivity contribution in [1.29, 1.82) is 0 Å². The van der Waals surface area contributed by atoms with Crippen LogP contribution in [0.3, 0.4) is 0 Å². The maximum atomic E-state index is 13.1. The molecule has 14 heavy (non-hydrogen) atoms. The molecule has 1 aromatic rings. The summed E-state index contributed by atoms with van der Waals surface area (Å²) in [5.74, 6) is -0.156. The fourth-order valence-electron chi connectivity index (χ4n) is 1.22. The SMILES string of the molecule is CC(CN)Cc1cc([S-])c(F)c(Cl)c1. The van der Waals surface area contributed by atoms with E-state index in [1.807, 2.05) is 6.92 Å². The molecule has 2 N–H and O–H groups in total. The molecule has 0 bridgehead atoms. The molecular weight excluding hydrogens is 221 g/mol. The van der Waals surface area contributed by atoms with Crippen molar-refractivity contribution in [2.45, 2.75) is 18.2 Å². The van der Waals surface area contributed by atoms with Gasteiger partial charge in [0.2, 0.25) is 0 Å². The molecule has 1 aromatic carbocycles. The summed E-state index contributed by atoms with van der Waals surface area (Å²) < 4.78 is 13.1. The molecule has 78 valence electrons. The summed E-state index contributed by atoms with van der Waals surface area (Å²) in [6.45, 7) is 2.63. The molecule has 0 aliphatic heterocycles. The van der Waals surface area contributed by atoms with Gasteiger partial charge in [-0.05, 0) is 30.5 Å². The summed E-state index contributed by atoms with van der Waals surface area (Å²) in [4.78, 5) is 0.178. The van der Waals surface area contributed by atoms with E-state index in [4.69, 9.17) is 30.0 Å². The standard InChI is InChI=1S/C10H13ClFNS/c1-6(5-13)2-7-3-8(11)10(12)9(14)4-7/h3-4,6,14H,2,5,13H2,1H3/p-1. The van der Waals surface area contributed by atoms with Gasteiger partial charge >= 0.3 is 0 Å². The fourth-order valence-corrected chi connectivity index (χ4v) is 1.78. The molecule has 1 nitrogen and oxygen atoms in total. The minimum absolute atomic E-state index is 0.0942. The number of benzene rings is 1. The Kier molecular flexibility index (Phi) is 4.11. The van der Waals surface area contributed by atoms with Crippen LogP contribution in [0.1, 0.15) is 12.5 Å². The molecule has 4 heteroatoms. The smallest absolute Gasteiger partial charge is 0.122 e. The highest BCUT2D eigenvalue weighted by atomic mass is 35.5. The predicted molar refractivity (Wildman–Crippen MR) is 59.0 cm³/mol. The number of hydrogen-bond donors (Lipinski definition) is 1. The van der Waals surface area contributed by atoms with E-state index >= 15 is 0 Å². The van der Waals surface area contributed by atoms with Gasteiger partial charge in [0, 0.05) is 0 Å². The highest BCUT2D eigenvalue weighted by Crippen LogP contribution is 2.22. The number of nitrogens with two attached hydrogens (primary N) is 1. The van der Waals surface area contributed by atoms with Crippen molar-refractivity contribution in [3.63, 3.8) is 0 Å². The topological polar surface area (TPSA) is 26.0 Å². The van der Waals surface area contributed by atoms with Crippen LogP contribution < -0.4 is 5.73 Å². The number of halogens is 2. The minimum Gasteiger partial charge on any atom is -0.777 e. The van der Waals surface area contributed by atoms with Crippen molar-refractivity contribution in [3.8, 4) is 0 Å². The van der Waals surface area contributed by atoms with Crippen LogP contribution in [0.25, 0.3) is 0 Å². The summed E-state index contributed by atoms with van der Waals surface area (Å²) in [7, 11) is 0. The quantitative estimate of drug-likeness (QED) is 0.811. The zero-order valence-electron chi connectivity index (χ0n) is 7.89. The molecule has 0 aliphatic rings. The van der Waals surface area contributed by atoms with Gasteiger partial charge in [0.25, 0.3) is 0 Å². The maximum Gasteiger partial charge on any atom is 0.122 e. The van der Waals surface area contributed by atoms with Gasteiger partial charge in [0.1, 0.15) is 5.82 Å².